The Labute approximate surface area is 92.7 Å². The number of nitrogens with two attached hydrogens (primary N) is 1. The number of nitrogen functional groups attached to an aromatic ring is 1. The third kappa shape index (κ3) is 1.70. The number of aliphatic hydroxyl groups is 1. The predicted molar refractivity (Wildman–Crippen MR) is 57.7 cm³/mol. The van der Waals surface area contributed by atoms with Crippen LogP contribution in [-0.4, -0.2) is 26.9 Å². The lowest BCUT2D eigenvalue weighted by Gasteiger charge is -2.17. The first-order chi connectivity index (χ1) is 7.50. The van der Waals surface area contributed by atoms with Crippen LogP contribution in [0.1, 0.15) is 20.1 Å². The lowest BCUT2D eigenvalue weighted by atomic mass is 10.0. The maximum absolute atomic E-state index is 11.6. The summed E-state index contributed by atoms with van der Waals surface area (Å²) in [5.41, 5.74) is 4.94. The van der Waals surface area contributed by atoms with E-state index in [1.807, 2.05) is 6.92 Å². The molecule has 6 nitrogen and oxygen atoms in total. The molecule has 16 heavy (non-hydrogen) atoms. The second-order valence-electron chi connectivity index (χ2n) is 4.12. The molecule has 1 fully saturated rings. The summed E-state index contributed by atoms with van der Waals surface area (Å²) in [7, 11) is 0. The van der Waals surface area contributed by atoms with Crippen molar-refractivity contribution in [3.05, 3.63) is 22.7 Å². The first kappa shape index (κ1) is 11.1. The van der Waals surface area contributed by atoms with Gasteiger partial charge in [0, 0.05) is 12.1 Å². The van der Waals surface area contributed by atoms with Crippen molar-refractivity contribution in [2.75, 3.05) is 5.73 Å². The van der Waals surface area contributed by atoms with E-state index >= 15 is 0 Å². The highest BCUT2D eigenvalue weighted by atomic mass is 16.5. The van der Waals surface area contributed by atoms with Gasteiger partial charge in [0.15, 0.2) is 0 Å². The molecule has 0 amide bonds. The van der Waals surface area contributed by atoms with Crippen LogP contribution >= 0.6 is 0 Å². The first-order valence-corrected chi connectivity index (χ1v) is 5.19. The molecule has 1 aromatic heterocycles. The zero-order chi connectivity index (χ0) is 11.9. The second-order valence-corrected chi connectivity index (χ2v) is 4.12. The second kappa shape index (κ2) is 3.88. The van der Waals surface area contributed by atoms with Gasteiger partial charge in [-0.1, -0.05) is 6.92 Å². The van der Waals surface area contributed by atoms with Crippen LogP contribution in [0, 0.1) is 5.92 Å². The molecule has 0 aromatic carbocycles. The Balaban J connectivity index is 2.35. The van der Waals surface area contributed by atoms with Gasteiger partial charge in [-0.05, 0) is 13.0 Å². The molecular weight excluding hydrogens is 210 g/mol. The summed E-state index contributed by atoms with van der Waals surface area (Å²) in [5, 5.41) is 9.76. The van der Waals surface area contributed by atoms with Crippen LogP contribution in [-0.2, 0) is 4.74 Å². The molecule has 0 spiro atoms. The Morgan fingerprint density at radius 3 is 2.75 bits per heavy atom. The molecule has 1 aliphatic rings. The van der Waals surface area contributed by atoms with Crippen LogP contribution in [0.5, 0.6) is 0 Å². The van der Waals surface area contributed by atoms with Gasteiger partial charge in [-0.25, -0.2) is 4.79 Å². The number of ether oxygens (including phenoxy) is 1. The van der Waals surface area contributed by atoms with Gasteiger partial charge in [0.2, 0.25) is 0 Å². The highest BCUT2D eigenvalue weighted by Crippen LogP contribution is 2.33. The maximum atomic E-state index is 11.6. The van der Waals surface area contributed by atoms with Crippen molar-refractivity contribution in [1.82, 2.24) is 9.55 Å². The largest absolute Gasteiger partial charge is 0.390 e. The van der Waals surface area contributed by atoms with Gasteiger partial charge < -0.3 is 15.6 Å². The third-order valence-corrected chi connectivity index (χ3v) is 2.95. The number of rotatable bonds is 1. The van der Waals surface area contributed by atoms with Crippen LogP contribution in [0.4, 0.5) is 5.82 Å². The molecule has 3 N–H and O–H groups in total. The van der Waals surface area contributed by atoms with Crippen molar-refractivity contribution in [2.24, 2.45) is 5.92 Å². The van der Waals surface area contributed by atoms with E-state index in [2.05, 4.69) is 4.98 Å². The number of nitrogens with zero attached hydrogens (tertiary/aromatic N) is 2. The fraction of sp³-hybridized carbons (Fsp3) is 0.600. The van der Waals surface area contributed by atoms with Crippen LogP contribution in [0.25, 0.3) is 0 Å². The number of aliphatic hydroxyl groups excluding tert-OH is 1. The summed E-state index contributed by atoms with van der Waals surface area (Å²) < 4.78 is 6.88. The Morgan fingerprint density at radius 2 is 2.25 bits per heavy atom. The normalized spacial score (nSPS) is 34.2. The standard InChI is InChI=1S/C10H15N3O3/c1-5-8(14)6(2)16-9(5)13-4-3-7(11)12-10(13)15/h3-6,8-9,14H,1-2H3,(H2,11,12,15)/t5-,6-,8+,9?/m1/s1. The summed E-state index contributed by atoms with van der Waals surface area (Å²) in [6.45, 7) is 3.61. The smallest absolute Gasteiger partial charge is 0.351 e. The van der Waals surface area contributed by atoms with Crippen molar-refractivity contribution in [3.63, 3.8) is 0 Å². The molecule has 4 atom stereocenters. The van der Waals surface area contributed by atoms with Gasteiger partial charge in [0.25, 0.3) is 0 Å². The van der Waals surface area contributed by atoms with Crippen molar-refractivity contribution < 1.29 is 9.84 Å². The van der Waals surface area contributed by atoms with Crippen molar-refractivity contribution in [1.29, 1.82) is 0 Å². The van der Waals surface area contributed by atoms with Crippen molar-refractivity contribution in [3.8, 4) is 0 Å². The summed E-state index contributed by atoms with van der Waals surface area (Å²) in [5.74, 6) is 0.0265. The number of hydrogen-bond donors (Lipinski definition) is 2. The molecule has 2 rings (SSSR count). The molecule has 1 saturated heterocycles. The van der Waals surface area contributed by atoms with Crippen molar-refractivity contribution in [2.45, 2.75) is 32.3 Å². The molecule has 2 heterocycles. The molecule has 1 aliphatic heterocycles. The van der Waals surface area contributed by atoms with Crippen LogP contribution in [0.2, 0.25) is 0 Å². The quantitative estimate of drug-likeness (QED) is 0.687. The predicted octanol–water partition coefficient (Wildman–Crippen LogP) is -0.260. The Bertz CT molecular complexity index is 445. The van der Waals surface area contributed by atoms with E-state index in [1.54, 1.807) is 6.92 Å². The topological polar surface area (TPSA) is 90.4 Å². The van der Waals surface area contributed by atoms with Gasteiger partial charge >= 0.3 is 5.69 Å². The molecule has 1 aromatic rings. The van der Waals surface area contributed by atoms with Gasteiger partial charge in [-0.3, -0.25) is 4.57 Å². The Kier molecular flexibility index (Phi) is 2.69. The molecule has 6 heteroatoms. The van der Waals surface area contributed by atoms with Crippen molar-refractivity contribution >= 4 is 5.82 Å². The minimum atomic E-state index is -0.575. The summed E-state index contributed by atoms with van der Waals surface area (Å²) in [4.78, 5) is 15.2. The summed E-state index contributed by atoms with van der Waals surface area (Å²) in [6.07, 6.45) is 0.195. The summed E-state index contributed by atoms with van der Waals surface area (Å²) in [6, 6.07) is 1.53. The van der Waals surface area contributed by atoms with Crippen LogP contribution < -0.4 is 11.4 Å². The molecule has 0 radical (unpaired) electrons. The van der Waals surface area contributed by atoms with E-state index in [-0.39, 0.29) is 17.8 Å². The zero-order valence-electron chi connectivity index (χ0n) is 9.20. The Morgan fingerprint density at radius 1 is 1.56 bits per heavy atom. The fourth-order valence-electron chi connectivity index (χ4n) is 1.96. The van der Waals surface area contributed by atoms with Gasteiger partial charge in [0.1, 0.15) is 12.0 Å². The first-order valence-electron chi connectivity index (χ1n) is 5.19. The highest BCUT2D eigenvalue weighted by molar-refractivity contribution is 5.23. The van der Waals surface area contributed by atoms with Crippen LogP contribution in [0.15, 0.2) is 17.1 Å². The van der Waals surface area contributed by atoms with Gasteiger partial charge in [0.05, 0.1) is 12.2 Å². The molecule has 0 saturated carbocycles. The van der Waals surface area contributed by atoms with E-state index < -0.39 is 18.0 Å². The zero-order valence-corrected chi connectivity index (χ0v) is 9.20. The lowest BCUT2D eigenvalue weighted by Crippen LogP contribution is -2.30. The third-order valence-electron chi connectivity index (χ3n) is 2.95. The van der Waals surface area contributed by atoms with Crippen LogP contribution in [0.3, 0.4) is 0 Å². The number of hydrogen-bond acceptors (Lipinski definition) is 5. The average molecular weight is 225 g/mol. The maximum Gasteiger partial charge on any atom is 0.351 e. The molecule has 1 unspecified atom stereocenters. The fourth-order valence-corrected chi connectivity index (χ4v) is 1.96. The number of anilines is 1. The number of aromatic nitrogens is 2. The van der Waals surface area contributed by atoms with E-state index in [9.17, 15) is 9.90 Å². The Hall–Kier alpha value is -1.40. The SMILES string of the molecule is C[C@H]1OC(n2ccc(N)nc2=O)[C@H](C)[C@@H]1O. The average Bonchev–Trinajstić information content (AvgIpc) is 2.46. The van der Waals surface area contributed by atoms with E-state index in [1.165, 1.54) is 16.8 Å². The lowest BCUT2D eigenvalue weighted by molar-refractivity contribution is -0.0141. The molecular formula is C10H15N3O3. The van der Waals surface area contributed by atoms with E-state index in [0.29, 0.717) is 0 Å². The highest BCUT2D eigenvalue weighted by Gasteiger charge is 2.39. The molecule has 0 aliphatic carbocycles. The minimum absolute atomic E-state index is 0.155. The summed E-state index contributed by atoms with van der Waals surface area (Å²) >= 11 is 0. The molecule has 0 bridgehead atoms. The van der Waals surface area contributed by atoms with E-state index in [0.717, 1.165) is 0 Å². The van der Waals surface area contributed by atoms with Gasteiger partial charge in [-0.2, -0.15) is 4.98 Å². The molecule has 88 valence electrons. The monoisotopic (exact) mass is 225 g/mol. The van der Waals surface area contributed by atoms with E-state index in [4.69, 9.17) is 10.5 Å². The van der Waals surface area contributed by atoms with Gasteiger partial charge in [-0.15, -0.1) is 0 Å². The minimum Gasteiger partial charge on any atom is -0.390 e.